The number of halogens is 2. The summed E-state index contributed by atoms with van der Waals surface area (Å²) in [5, 5.41) is 3.08. The number of unbranched alkanes of at least 4 members (excludes halogenated alkanes) is 1. The summed E-state index contributed by atoms with van der Waals surface area (Å²) in [7, 11) is -4.06. The summed E-state index contributed by atoms with van der Waals surface area (Å²) < 4.78 is 31.4. The standard InChI is InChI=1S/C23H21BrClN3O3S2/c1-2-3-12-19-26-22(25)21(23(29)27-33(30,31)16-8-5-4-6-9-16)28(19)13-15-14-32-18-11-7-10-17(24)20(15)18/h4-11,14H,2-3,12-13H2,1H3,(H,27,29). The highest BCUT2D eigenvalue weighted by molar-refractivity contribution is 9.10. The number of imidazole rings is 1. The number of nitrogens with one attached hydrogen (secondary N) is 1. The third kappa shape index (κ3) is 5.01. The number of rotatable bonds is 8. The van der Waals surface area contributed by atoms with Crippen LogP contribution in [0.3, 0.4) is 0 Å². The monoisotopic (exact) mass is 565 g/mol. The van der Waals surface area contributed by atoms with Gasteiger partial charge in [-0.15, -0.1) is 11.3 Å². The van der Waals surface area contributed by atoms with E-state index < -0.39 is 15.9 Å². The number of hydrogen-bond donors (Lipinski definition) is 1. The molecule has 0 radical (unpaired) electrons. The van der Waals surface area contributed by atoms with E-state index in [-0.39, 0.29) is 15.7 Å². The Kier molecular flexibility index (Phi) is 7.23. The van der Waals surface area contributed by atoms with Gasteiger partial charge in [0, 0.05) is 21.0 Å². The van der Waals surface area contributed by atoms with Crippen molar-refractivity contribution in [2.75, 3.05) is 0 Å². The quantitative estimate of drug-likeness (QED) is 0.283. The fraction of sp³-hybridized carbons (Fsp3) is 0.217. The number of fused-ring (bicyclic) bond motifs is 1. The van der Waals surface area contributed by atoms with Gasteiger partial charge >= 0.3 is 0 Å². The molecule has 0 aliphatic carbocycles. The Morgan fingerprint density at radius 2 is 1.94 bits per heavy atom. The zero-order chi connectivity index (χ0) is 23.6. The van der Waals surface area contributed by atoms with Crippen LogP contribution in [0.15, 0.2) is 63.3 Å². The number of nitrogens with zero attached hydrogens (tertiary/aromatic N) is 2. The van der Waals surface area contributed by atoms with E-state index in [9.17, 15) is 13.2 Å². The third-order valence-corrected chi connectivity index (χ3v) is 8.47. The second-order valence-electron chi connectivity index (χ2n) is 7.48. The first-order valence-corrected chi connectivity index (χ1v) is 13.9. The first-order valence-electron chi connectivity index (χ1n) is 10.3. The molecule has 0 saturated heterocycles. The maximum atomic E-state index is 13.2. The highest BCUT2D eigenvalue weighted by Gasteiger charge is 2.27. The predicted octanol–water partition coefficient (Wildman–Crippen LogP) is 6.02. The van der Waals surface area contributed by atoms with Crippen LogP contribution in [0.4, 0.5) is 0 Å². The van der Waals surface area contributed by atoms with Crippen LogP contribution in [0.2, 0.25) is 5.15 Å². The summed E-state index contributed by atoms with van der Waals surface area (Å²) in [6.07, 6.45) is 2.43. The number of carbonyl (C=O) groups excluding carboxylic acids is 1. The van der Waals surface area contributed by atoms with Gasteiger partial charge in [0.2, 0.25) is 0 Å². The minimum absolute atomic E-state index is 0.000460. The zero-order valence-electron chi connectivity index (χ0n) is 17.7. The summed E-state index contributed by atoms with van der Waals surface area (Å²) in [6, 6.07) is 13.7. The molecule has 1 amide bonds. The van der Waals surface area contributed by atoms with Gasteiger partial charge in [-0.05, 0) is 41.6 Å². The van der Waals surface area contributed by atoms with Gasteiger partial charge in [0.1, 0.15) is 11.5 Å². The molecule has 2 heterocycles. The summed E-state index contributed by atoms with van der Waals surface area (Å²) in [6.45, 7) is 2.41. The molecule has 172 valence electrons. The smallest absolute Gasteiger partial charge is 0.284 e. The fourth-order valence-corrected chi connectivity index (χ4v) is 6.59. The first kappa shape index (κ1) is 23.9. The van der Waals surface area contributed by atoms with E-state index in [0.29, 0.717) is 18.8 Å². The molecule has 10 heteroatoms. The van der Waals surface area contributed by atoms with E-state index in [4.69, 9.17) is 11.6 Å². The van der Waals surface area contributed by atoms with E-state index in [1.807, 2.05) is 23.6 Å². The van der Waals surface area contributed by atoms with Crippen molar-refractivity contribution in [3.8, 4) is 0 Å². The maximum Gasteiger partial charge on any atom is 0.284 e. The van der Waals surface area contributed by atoms with Crippen molar-refractivity contribution in [3.05, 3.63) is 80.6 Å². The van der Waals surface area contributed by atoms with Crippen LogP contribution in [0.1, 0.15) is 41.6 Å². The van der Waals surface area contributed by atoms with Crippen molar-refractivity contribution in [2.45, 2.75) is 37.6 Å². The van der Waals surface area contributed by atoms with Crippen LogP contribution in [0, 0.1) is 0 Å². The van der Waals surface area contributed by atoms with E-state index >= 15 is 0 Å². The molecule has 6 nitrogen and oxygen atoms in total. The lowest BCUT2D eigenvalue weighted by molar-refractivity contribution is 0.0972. The van der Waals surface area contributed by atoms with Crippen molar-refractivity contribution in [3.63, 3.8) is 0 Å². The van der Waals surface area contributed by atoms with Crippen LogP contribution in [0.5, 0.6) is 0 Å². The minimum atomic E-state index is -4.06. The molecule has 2 aromatic heterocycles. The first-order chi connectivity index (χ1) is 15.8. The molecular weight excluding hydrogens is 546 g/mol. The molecule has 0 bridgehead atoms. The second kappa shape index (κ2) is 9.97. The SMILES string of the molecule is CCCCc1nc(Cl)c(C(=O)NS(=O)(=O)c2ccccc2)n1Cc1csc2cccc(Br)c12. The highest BCUT2D eigenvalue weighted by atomic mass is 79.9. The molecule has 0 atom stereocenters. The number of sulfonamides is 1. The summed E-state index contributed by atoms with van der Waals surface area (Å²) in [5.41, 5.74) is 1.03. The third-order valence-electron chi connectivity index (χ3n) is 5.21. The molecule has 0 unspecified atom stereocenters. The van der Waals surface area contributed by atoms with Crippen molar-refractivity contribution in [1.29, 1.82) is 0 Å². The van der Waals surface area contributed by atoms with E-state index in [0.717, 1.165) is 33.0 Å². The van der Waals surface area contributed by atoms with Crippen LogP contribution in [0.25, 0.3) is 10.1 Å². The molecule has 0 fully saturated rings. The Balaban J connectivity index is 1.75. The number of carbonyl (C=O) groups is 1. The van der Waals surface area contributed by atoms with Crippen LogP contribution in [-0.2, 0) is 23.0 Å². The Morgan fingerprint density at radius 1 is 1.18 bits per heavy atom. The Labute approximate surface area is 209 Å². The molecule has 1 N–H and O–H groups in total. The zero-order valence-corrected chi connectivity index (χ0v) is 21.7. The lowest BCUT2D eigenvalue weighted by Crippen LogP contribution is -2.32. The van der Waals surface area contributed by atoms with Gasteiger partial charge in [-0.25, -0.2) is 18.1 Å². The summed E-state index contributed by atoms with van der Waals surface area (Å²) >= 11 is 11.6. The lowest BCUT2D eigenvalue weighted by Gasteiger charge is -2.13. The van der Waals surface area contributed by atoms with Gasteiger partial charge in [-0.3, -0.25) is 4.79 Å². The second-order valence-corrected chi connectivity index (χ2v) is 11.3. The topological polar surface area (TPSA) is 81.1 Å². The number of amides is 1. The van der Waals surface area contributed by atoms with E-state index in [1.165, 1.54) is 12.1 Å². The number of aryl methyl sites for hydroxylation is 1. The van der Waals surface area contributed by atoms with Crippen LogP contribution < -0.4 is 4.72 Å². The average molecular weight is 567 g/mol. The number of thiophene rings is 1. The molecule has 33 heavy (non-hydrogen) atoms. The molecule has 4 aromatic rings. The van der Waals surface area contributed by atoms with Crippen molar-refractivity contribution < 1.29 is 13.2 Å². The van der Waals surface area contributed by atoms with Gasteiger partial charge in [0.05, 0.1) is 11.4 Å². The minimum Gasteiger partial charge on any atom is -0.318 e. The fourth-order valence-electron chi connectivity index (χ4n) is 3.60. The van der Waals surface area contributed by atoms with Crippen molar-refractivity contribution in [2.24, 2.45) is 0 Å². The molecule has 0 aliphatic rings. The van der Waals surface area contributed by atoms with Crippen molar-refractivity contribution in [1.82, 2.24) is 14.3 Å². The van der Waals surface area contributed by atoms with Crippen LogP contribution in [-0.4, -0.2) is 23.9 Å². The molecular formula is C23H21BrClN3O3S2. The maximum absolute atomic E-state index is 13.2. The molecule has 2 aromatic carbocycles. The summed E-state index contributed by atoms with van der Waals surface area (Å²) in [5.74, 6) is -0.159. The van der Waals surface area contributed by atoms with Crippen molar-refractivity contribution >= 4 is 64.9 Å². The number of aromatic nitrogens is 2. The van der Waals surface area contributed by atoms with Gasteiger partial charge < -0.3 is 4.57 Å². The van der Waals surface area contributed by atoms with Gasteiger partial charge in [-0.2, -0.15) is 0 Å². The van der Waals surface area contributed by atoms with Gasteiger partial charge in [0.25, 0.3) is 15.9 Å². The Morgan fingerprint density at radius 3 is 2.67 bits per heavy atom. The predicted molar refractivity (Wildman–Crippen MR) is 136 cm³/mol. The van der Waals surface area contributed by atoms with E-state index in [2.05, 4.69) is 32.6 Å². The van der Waals surface area contributed by atoms with Gasteiger partial charge in [0.15, 0.2) is 5.15 Å². The molecule has 0 saturated carbocycles. The molecule has 0 spiro atoms. The average Bonchev–Trinajstić information content (AvgIpc) is 3.34. The van der Waals surface area contributed by atoms with Crippen LogP contribution >= 0.6 is 38.9 Å². The Bertz CT molecular complexity index is 1420. The van der Waals surface area contributed by atoms with E-state index in [1.54, 1.807) is 34.1 Å². The Hall–Kier alpha value is -2.20. The molecule has 4 rings (SSSR count). The summed E-state index contributed by atoms with van der Waals surface area (Å²) in [4.78, 5) is 17.6. The lowest BCUT2D eigenvalue weighted by atomic mass is 10.1. The number of hydrogen-bond acceptors (Lipinski definition) is 5. The number of benzene rings is 2. The normalized spacial score (nSPS) is 11.7. The highest BCUT2D eigenvalue weighted by Crippen LogP contribution is 2.34. The molecule has 0 aliphatic heterocycles. The van der Waals surface area contributed by atoms with Gasteiger partial charge in [-0.1, -0.05) is 65.1 Å². The largest absolute Gasteiger partial charge is 0.318 e.